The van der Waals surface area contributed by atoms with Gasteiger partial charge in [0.2, 0.25) is 10.0 Å². The Morgan fingerprint density at radius 2 is 2.29 bits per heavy atom. The van der Waals surface area contributed by atoms with Gasteiger partial charge in [0.05, 0.1) is 0 Å². The molecule has 14 heavy (non-hydrogen) atoms. The maximum atomic E-state index is 11.6. The van der Waals surface area contributed by atoms with Gasteiger partial charge in [-0.05, 0) is 18.6 Å². The van der Waals surface area contributed by atoms with Crippen molar-refractivity contribution < 1.29 is 8.42 Å². The molecule has 1 aromatic heterocycles. The van der Waals surface area contributed by atoms with Crippen molar-refractivity contribution in [2.45, 2.75) is 11.3 Å². The van der Waals surface area contributed by atoms with Crippen molar-refractivity contribution in [1.82, 2.24) is 9.71 Å². The molecular weight excluding hydrogens is 315 g/mol. The van der Waals surface area contributed by atoms with Gasteiger partial charge in [-0.3, -0.25) is 4.98 Å². The van der Waals surface area contributed by atoms with E-state index in [-0.39, 0.29) is 4.90 Å². The molecule has 0 saturated carbocycles. The van der Waals surface area contributed by atoms with E-state index in [1.54, 1.807) is 12.3 Å². The van der Waals surface area contributed by atoms with E-state index >= 15 is 0 Å². The summed E-state index contributed by atoms with van der Waals surface area (Å²) in [5.41, 5.74) is 0. The summed E-state index contributed by atoms with van der Waals surface area (Å²) in [6, 6.07) is 3.13. The number of pyridine rings is 1. The Kier molecular flexibility index (Phi) is 4.76. The van der Waals surface area contributed by atoms with Gasteiger partial charge in [-0.15, -0.1) is 0 Å². The Hall–Kier alpha value is -0.210. The van der Waals surface area contributed by atoms with Gasteiger partial charge in [0.25, 0.3) is 0 Å². The molecule has 0 aliphatic rings. The standard InChI is InChI=1S/C8H11IN2O2S/c9-4-2-6-11-14(12,13)8-3-1-5-10-7-8/h1,3,5,7,11H,2,4,6H2. The molecule has 0 saturated heterocycles. The van der Waals surface area contributed by atoms with Crippen molar-refractivity contribution in [2.24, 2.45) is 0 Å². The van der Waals surface area contributed by atoms with Gasteiger partial charge in [-0.2, -0.15) is 0 Å². The van der Waals surface area contributed by atoms with E-state index in [4.69, 9.17) is 0 Å². The minimum Gasteiger partial charge on any atom is -0.263 e. The zero-order valence-corrected chi connectivity index (χ0v) is 10.5. The lowest BCUT2D eigenvalue weighted by atomic mass is 10.5. The highest BCUT2D eigenvalue weighted by Gasteiger charge is 2.11. The van der Waals surface area contributed by atoms with Gasteiger partial charge in [0.1, 0.15) is 4.90 Å². The lowest BCUT2D eigenvalue weighted by Gasteiger charge is -2.04. The molecule has 0 aliphatic carbocycles. The molecular formula is C8H11IN2O2S. The highest BCUT2D eigenvalue weighted by molar-refractivity contribution is 14.1. The molecule has 0 bridgehead atoms. The third-order valence-corrected chi connectivity index (χ3v) is 3.76. The van der Waals surface area contributed by atoms with Crippen LogP contribution in [-0.2, 0) is 10.0 Å². The van der Waals surface area contributed by atoms with Crippen LogP contribution in [0.2, 0.25) is 0 Å². The Balaban J connectivity index is 2.67. The molecule has 0 spiro atoms. The molecule has 0 atom stereocenters. The molecule has 0 unspecified atom stereocenters. The van der Waals surface area contributed by atoms with Crippen molar-refractivity contribution in [1.29, 1.82) is 0 Å². The number of nitrogens with zero attached hydrogens (tertiary/aromatic N) is 1. The van der Waals surface area contributed by atoms with Crippen LogP contribution >= 0.6 is 22.6 Å². The normalized spacial score (nSPS) is 11.5. The molecule has 1 aromatic rings. The predicted octanol–water partition coefficient (Wildman–Crippen LogP) is 1.19. The predicted molar refractivity (Wildman–Crippen MR) is 62.9 cm³/mol. The summed E-state index contributed by atoms with van der Waals surface area (Å²) in [5.74, 6) is 0. The first-order valence-corrected chi connectivity index (χ1v) is 7.13. The van der Waals surface area contributed by atoms with Gasteiger partial charge in [-0.1, -0.05) is 22.6 Å². The van der Waals surface area contributed by atoms with E-state index < -0.39 is 10.0 Å². The smallest absolute Gasteiger partial charge is 0.242 e. The number of alkyl halides is 1. The van der Waals surface area contributed by atoms with Crippen molar-refractivity contribution in [3.8, 4) is 0 Å². The summed E-state index contributed by atoms with van der Waals surface area (Å²) in [5, 5.41) is 0. The Morgan fingerprint density at radius 3 is 2.86 bits per heavy atom. The largest absolute Gasteiger partial charge is 0.263 e. The summed E-state index contributed by atoms with van der Waals surface area (Å²) in [4.78, 5) is 3.97. The van der Waals surface area contributed by atoms with Crippen LogP contribution in [-0.4, -0.2) is 24.4 Å². The Morgan fingerprint density at radius 1 is 1.50 bits per heavy atom. The third-order valence-electron chi connectivity index (χ3n) is 1.55. The second kappa shape index (κ2) is 5.62. The van der Waals surface area contributed by atoms with Crippen molar-refractivity contribution in [3.05, 3.63) is 24.5 Å². The molecule has 78 valence electrons. The quantitative estimate of drug-likeness (QED) is 0.502. The molecule has 0 aliphatic heterocycles. The lowest BCUT2D eigenvalue weighted by molar-refractivity contribution is 0.581. The number of sulfonamides is 1. The van der Waals surface area contributed by atoms with Gasteiger partial charge in [-0.25, -0.2) is 13.1 Å². The summed E-state index contributed by atoms with van der Waals surface area (Å²) in [7, 11) is -3.35. The van der Waals surface area contributed by atoms with Crippen molar-refractivity contribution >= 4 is 32.6 Å². The van der Waals surface area contributed by atoms with Crippen LogP contribution in [0.4, 0.5) is 0 Å². The molecule has 0 radical (unpaired) electrons. The zero-order chi connectivity index (χ0) is 10.4. The summed E-state index contributed by atoms with van der Waals surface area (Å²) < 4.78 is 26.5. The fraction of sp³-hybridized carbons (Fsp3) is 0.375. The van der Waals surface area contributed by atoms with Gasteiger partial charge >= 0.3 is 0 Å². The number of hydrogen-bond donors (Lipinski definition) is 1. The first-order valence-electron chi connectivity index (χ1n) is 4.12. The van der Waals surface area contributed by atoms with Crippen molar-refractivity contribution in [2.75, 3.05) is 11.0 Å². The van der Waals surface area contributed by atoms with Crippen LogP contribution in [0.15, 0.2) is 29.4 Å². The minimum atomic E-state index is -3.35. The van der Waals surface area contributed by atoms with Crippen LogP contribution < -0.4 is 4.72 Å². The highest BCUT2D eigenvalue weighted by atomic mass is 127. The zero-order valence-electron chi connectivity index (χ0n) is 7.48. The van der Waals surface area contributed by atoms with Crippen LogP contribution in [0, 0.1) is 0 Å². The summed E-state index contributed by atoms with van der Waals surface area (Å²) in [6.07, 6.45) is 3.72. The molecule has 0 amide bonds. The van der Waals surface area contributed by atoms with E-state index in [1.165, 1.54) is 12.3 Å². The van der Waals surface area contributed by atoms with Gasteiger partial charge in [0, 0.05) is 23.4 Å². The molecule has 0 fully saturated rings. The SMILES string of the molecule is O=S(=O)(NCCCI)c1cccnc1. The molecule has 1 rings (SSSR count). The van der Waals surface area contributed by atoms with Crippen LogP contribution in [0.5, 0.6) is 0 Å². The first kappa shape index (κ1) is 11.9. The Labute approximate surface area is 97.3 Å². The molecule has 1 heterocycles. The molecule has 6 heteroatoms. The second-order valence-electron chi connectivity index (χ2n) is 2.63. The summed E-state index contributed by atoms with van der Waals surface area (Å²) in [6.45, 7) is 0.472. The van der Waals surface area contributed by atoms with Crippen molar-refractivity contribution in [3.63, 3.8) is 0 Å². The second-order valence-corrected chi connectivity index (χ2v) is 5.47. The number of rotatable bonds is 5. The summed E-state index contributed by atoms with van der Waals surface area (Å²) >= 11 is 2.21. The number of halogens is 1. The van der Waals surface area contributed by atoms with Crippen LogP contribution in [0.3, 0.4) is 0 Å². The van der Waals surface area contributed by atoms with E-state index in [2.05, 4.69) is 32.3 Å². The minimum absolute atomic E-state index is 0.216. The van der Waals surface area contributed by atoms with E-state index in [1.807, 2.05) is 0 Å². The highest BCUT2D eigenvalue weighted by Crippen LogP contribution is 2.04. The van der Waals surface area contributed by atoms with E-state index in [0.29, 0.717) is 6.54 Å². The van der Waals surface area contributed by atoms with E-state index in [9.17, 15) is 8.42 Å². The average molecular weight is 326 g/mol. The van der Waals surface area contributed by atoms with Gasteiger partial charge < -0.3 is 0 Å². The van der Waals surface area contributed by atoms with Gasteiger partial charge in [0.15, 0.2) is 0 Å². The average Bonchev–Trinajstić information content (AvgIpc) is 2.19. The first-order chi connectivity index (χ1) is 6.67. The number of aromatic nitrogens is 1. The topological polar surface area (TPSA) is 59.1 Å². The molecule has 1 N–H and O–H groups in total. The maximum absolute atomic E-state index is 11.6. The lowest BCUT2D eigenvalue weighted by Crippen LogP contribution is -2.25. The monoisotopic (exact) mass is 326 g/mol. The fourth-order valence-corrected chi connectivity index (χ4v) is 2.28. The number of nitrogens with one attached hydrogen (secondary N) is 1. The molecule has 0 aromatic carbocycles. The molecule has 4 nitrogen and oxygen atoms in total. The Bertz CT molecular complexity index is 366. The number of hydrogen-bond acceptors (Lipinski definition) is 3. The van der Waals surface area contributed by atoms with Crippen LogP contribution in [0.25, 0.3) is 0 Å². The maximum Gasteiger partial charge on any atom is 0.242 e. The fourth-order valence-electron chi connectivity index (χ4n) is 0.863. The third kappa shape index (κ3) is 3.50. The van der Waals surface area contributed by atoms with Crippen LogP contribution in [0.1, 0.15) is 6.42 Å². The van der Waals surface area contributed by atoms with E-state index in [0.717, 1.165) is 10.8 Å².